The highest BCUT2D eigenvalue weighted by Crippen LogP contribution is 2.21. The smallest absolute Gasteiger partial charge is 0.338 e. The maximum atomic E-state index is 12.5. The first-order valence-electron chi connectivity index (χ1n) is 9.75. The topological polar surface area (TPSA) is 122 Å². The molecule has 0 bridgehead atoms. The third-order valence-corrected chi connectivity index (χ3v) is 6.63. The molecule has 0 aromatic heterocycles. The number of hydrogen-bond acceptors (Lipinski definition) is 6. The van der Waals surface area contributed by atoms with Crippen LogP contribution in [0.1, 0.15) is 30.1 Å². The fourth-order valence-electron chi connectivity index (χ4n) is 3.02. The molecule has 164 valence electrons. The summed E-state index contributed by atoms with van der Waals surface area (Å²) in [5.74, 6) is -1.61. The Balaban J connectivity index is 1.55. The summed E-state index contributed by atoms with van der Waals surface area (Å²) in [6.07, 6.45) is 0.418. The SMILES string of the molecule is CC(OC(=O)c1ccc(S(=O)(=O)N2CCCC2)cc1)C(=O)NC(=O)Nc1ccccc1. The molecular weight excluding hydrogens is 422 g/mol. The number of sulfonamides is 1. The zero-order valence-electron chi connectivity index (χ0n) is 16.9. The van der Waals surface area contributed by atoms with Gasteiger partial charge in [-0.05, 0) is 56.2 Å². The molecule has 1 atom stereocenters. The molecule has 0 aliphatic carbocycles. The average molecular weight is 445 g/mol. The summed E-state index contributed by atoms with van der Waals surface area (Å²) in [4.78, 5) is 36.4. The molecule has 3 rings (SSSR count). The Morgan fingerprint density at radius 2 is 1.58 bits per heavy atom. The summed E-state index contributed by atoms with van der Waals surface area (Å²) in [5, 5.41) is 4.58. The van der Waals surface area contributed by atoms with Gasteiger partial charge in [0.05, 0.1) is 10.5 Å². The molecule has 0 radical (unpaired) electrons. The number of hydrogen-bond donors (Lipinski definition) is 2. The second kappa shape index (κ2) is 9.71. The Morgan fingerprint density at radius 3 is 2.19 bits per heavy atom. The highest BCUT2D eigenvalue weighted by molar-refractivity contribution is 7.89. The van der Waals surface area contributed by atoms with E-state index in [1.807, 2.05) is 0 Å². The summed E-state index contributed by atoms with van der Waals surface area (Å²) in [6, 6.07) is 13.1. The van der Waals surface area contributed by atoms with Crippen molar-refractivity contribution in [1.82, 2.24) is 9.62 Å². The number of rotatable bonds is 6. The van der Waals surface area contributed by atoms with Crippen LogP contribution in [0.3, 0.4) is 0 Å². The molecule has 1 aliphatic heterocycles. The lowest BCUT2D eigenvalue weighted by Gasteiger charge is -2.16. The lowest BCUT2D eigenvalue weighted by Crippen LogP contribution is -2.41. The van der Waals surface area contributed by atoms with Crippen LogP contribution in [0.15, 0.2) is 59.5 Å². The van der Waals surface area contributed by atoms with E-state index in [1.165, 1.54) is 35.5 Å². The largest absolute Gasteiger partial charge is 0.449 e. The van der Waals surface area contributed by atoms with Crippen LogP contribution in [-0.4, -0.2) is 49.8 Å². The van der Waals surface area contributed by atoms with Gasteiger partial charge in [0.1, 0.15) is 0 Å². The Bertz CT molecular complexity index is 1050. The number of nitrogens with one attached hydrogen (secondary N) is 2. The second-order valence-corrected chi connectivity index (χ2v) is 8.93. The molecule has 2 aromatic carbocycles. The van der Waals surface area contributed by atoms with Gasteiger partial charge in [0, 0.05) is 18.8 Å². The Hall–Kier alpha value is -3.24. The van der Waals surface area contributed by atoms with Gasteiger partial charge in [-0.15, -0.1) is 0 Å². The van der Waals surface area contributed by atoms with Crippen molar-refractivity contribution in [2.45, 2.75) is 30.8 Å². The molecule has 1 unspecified atom stereocenters. The number of imide groups is 1. The zero-order chi connectivity index (χ0) is 22.4. The van der Waals surface area contributed by atoms with E-state index in [0.717, 1.165) is 12.8 Å². The predicted octanol–water partition coefficient (Wildman–Crippen LogP) is 2.36. The van der Waals surface area contributed by atoms with E-state index < -0.39 is 34.0 Å². The van der Waals surface area contributed by atoms with Crippen LogP contribution >= 0.6 is 0 Å². The van der Waals surface area contributed by atoms with Gasteiger partial charge in [-0.2, -0.15) is 4.31 Å². The van der Waals surface area contributed by atoms with Crippen LogP contribution < -0.4 is 10.6 Å². The fraction of sp³-hybridized carbons (Fsp3) is 0.286. The van der Waals surface area contributed by atoms with Crippen LogP contribution in [-0.2, 0) is 19.6 Å². The Morgan fingerprint density at radius 1 is 0.968 bits per heavy atom. The maximum Gasteiger partial charge on any atom is 0.338 e. The van der Waals surface area contributed by atoms with Crippen LogP contribution in [0, 0.1) is 0 Å². The number of benzene rings is 2. The number of ether oxygens (including phenoxy) is 1. The Kier molecular flexibility index (Phi) is 7.03. The lowest BCUT2D eigenvalue weighted by molar-refractivity contribution is -0.127. The van der Waals surface area contributed by atoms with Crippen molar-refractivity contribution in [3.63, 3.8) is 0 Å². The standard InChI is InChI=1S/C21H23N3O6S/c1-15(19(25)23-21(27)22-17-7-3-2-4-8-17)30-20(26)16-9-11-18(12-10-16)31(28,29)24-13-5-6-14-24/h2-4,7-12,15H,5-6,13-14H2,1H3,(H2,22,23,25,27). The monoisotopic (exact) mass is 445 g/mol. The minimum Gasteiger partial charge on any atom is -0.449 e. The predicted molar refractivity (Wildman–Crippen MR) is 113 cm³/mol. The molecule has 1 aliphatic rings. The van der Waals surface area contributed by atoms with Crippen LogP contribution in [0.5, 0.6) is 0 Å². The van der Waals surface area contributed by atoms with Crippen molar-refractivity contribution >= 4 is 33.6 Å². The normalized spacial score (nSPS) is 15.1. The molecule has 0 saturated carbocycles. The molecule has 1 fully saturated rings. The van der Waals surface area contributed by atoms with E-state index in [-0.39, 0.29) is 10.5 Å². The molecule has 0 spiro atoms. The number of carbonyl (C=O) groups excluding carboxylic acids is 3. The summed E-state index contributed by atoms with van der Waals surface area (Å²) in [5.41, 5.74) is 0.593. The van der Waals surface area contributed by atoms with E-state index in [1.54, 1.807) is 30.3 Å². The van der Waals surface area contributed by atoms with Crippen LogP contribution in [0.4, 0.5) is 10.5 Å². The number of anilines is 1. The summed E-state index contributed by atoms with van der Waals surface area (Å²) >= 11 is 0. The molecule has 3 amide bonds. The van der Waals surface area contributed by atoms with Crippen molar-refractivity contribution < 1.29 is 27.5 Å². The van der Waals surface area contributed by atoms with Gasteiger partial charge in [-0.25, -0.2) is 18.0 Å². The van der Waals surface area contributed by atoms with Crippen LogP contribution in [0.2, 0.25) is 0 Å². The van der Waals surface area contributed by atoms with Gasteiger partial charge in [0.25, 0.3) is 5.91 Å². The van der Waals surface area contributed by atoms with Gasteiger partial charge < -0.3 is 10.1 Å². The van der Waals surface area contributed by atoms with E-state index >= 15 is 0 Å². The highest BCUT2D eigenvalue weighted by atomic mass is 32.2. The van der Waals surface area contributed by atoms with E-state index in [0.29, 0.717) is 18.8 Å². The van der Waals surface area contributed by atoms with Crippen molar-refractivity contribution in [3.05, 3.63) is 60.2 Å². The Labute approximate surface area is 180 Å². The van der Waals surface area contributed by atoms with Crippen molar-refractivity contribution in [2.75, 3.05) is 18.4 Å². The number of amides is 3. The van der Waals surface area contributed by atoms with Gasteiger partial charge >= 0.3 is 12.0 Å². The third-order valence-electron chi connectivity index (χ3n) is 4.71. The lowest BCUT2D eigenvalue weighted by atomic mass is 10.2. The third kappa shape index (κ3) is 5.68. The summed E-state index contributed by atoms with van der Waals surface area (Å²) in [6.45, 7) is 2.29. The van der Waals surface area contributed by atoms with Gasteiger partial charge in [0.2, 0.25) is 10.0 Å². The quantitative estimate of drug-likeness (QED) is 0.659. The molecule has 9 nitrogen and oxygen atoms in total. The van der Waals surface area contributed by atoms with Crippen LogP contribution in [0.25, 0.3) is 0 Å². The number of nitrogens with zero attached hydrogens (tertiary/aromatic N) is 1. The average Bonchev–Trinajstić information content (AvgIpc) is 3.30. The molecular formula is C21H23N3O6S. The molecule has 2 aromatic rings. The maximum absolute atomic E-state index is 12.5. The number of urea groups is 1. The molecule has 2 N–H and O–H groups in total. The highest BCUT2D eigenvalue weighted by Gasteiger charge is 2.27. The van der Waals surface area contributed by atoms with E-state index in [4.69, 9.17) is 4.74 Å². The van der Waals surface area contributed by atoms with Gasteiger partial charge in [0.15, 0.2) is 6.10 Å². The van der Waals surface area contributed by atoms with Crippen molar-refractivity contribution in [3.8, 4) is 0 Å². The summed E-state index contributed by atoms with van der Waals surface area (Å²) < 4.78 is 31.6. The number of para-hydroxylation sites is 1. The first-order valence-corrected chi connectivity index (χ1v) is 11.2. The first-order chi connectivity index (χ1) is 14.8. The molecule has 1 heterocycles. The van der Waals surface area contributed by atoms with Gasteiger partial charge in [-0.1, -0.05) is 18.2 Å². The zero-order valence-corrected chi connectivity index (χ0v) is 17.7. The van der Waals surface area contributed by atoms with Crippen molar-refractivity contribution in [2.24, 2.45) is 0 Å². The molecule has 1 saturated heterocycles. The van der Waals surface area contributed by atoms with Crippen molar-refractivity contribution in [1.29, 1.82) is 0 Å². The minimum absolute atomic E-state index is 0.0914. The molecule has 31 heavy (non-hydrogen) atoms. The van der Waals surface area contributed by atoms with Gasteiger partial charge in [-0.3, -0.25) is 10.1 Å². The number of carbonyl (C=O) groups is 3. The molecule has 10 heteroatoms. The fourth-order valence-corrected chi connectivity index (χ4v) is 4.54. The van der Waals surface area contributed by atoms with E-state index in [2.05, 4.69) is 10.6 Å². The minimum atomic E-state index is -3.58. The second-order valence-electron chi connectivity index (χ2n) is 6.99. The summed E-state index contributed by atoms with van der Waals surface area (Å²) in [7, 11) is -3.58. The number of esters is 1. The van der Waals surface area contributed by atoms with E-state index in [9.17, 15) is 22.8 Å². The first kappa shape index (κ1) is 22.4.